The molecule has 0 aromatic carbocycles. The van der Waals surface area contributed by atoms with Crippen molar-refractivity contribution in [2.75, 3.05) is 39.0 Å². The Hall–Kier alpha value is -1.07. The summed E-state index contributed by atoms with van der Waals surface area (Å²) in [7, 11) is 4.07. The molecule has 1 aliphatic rings. The Morgan fingerprint density at radius 2 is 1.93 bits per heavy atom. The fourth-order valence-electron chi connectivity index (χ4n) is 1.89. The highest BCUT2D eigenvalue weighted by atomic mass is 15.3. The van der Waals surface area contributed by atoms with Gasteiger partial charge in [-0.05, 0) is 7.05 Å². The fraction of sp³-hybridized carbons (Fsp3) is 0.700. The Balaban J connectivity index is 1.94. The van der Waals surface area contributed by atoms with Gasteiger partial charge < -0.3 is 10.6 Å². The van der Waals surface area contributed by atoms with Crippen molar-refractivity contribution in [1.82, 2.24) is 19.6 Å². The third kappa shape index (κ3) is 2.49. The first-order valence-corrected chi connectivity index (χ1v) is 5.34. The summed E-state index contributed by atoms with van der Waals surface area (Å²) >= 11 is 0. The van der Waals surface area contributed by atoms with Crippen LogP contribution in [0.3, 0.4) is 0 Å². The minimum atomic E-state index is 0.802. The van der Waals surface area contributed by atoms with Gasteiger partial charge in [0.2, 0.25) is 0 Å². The zero-order chi connectivity index (χ0) is 10.8. The Bertz CT molecular complexity index is 325. The Kier molecular flexibility index (Phi) is 2.93. The van der Waals surface area contributed by atoms with E-state index in [1.807, 2.05) is 13.2 Å². The highest BCUT2D eigenvalue weighted by molar-refractivity contribution is 5.40. The zero-order valence-corrected chi connectivity index (χ0v) is 9.48. The van der Waals surface area contributed by atoms with Crippen molar-refractivity contribution in [3.05, 3.63) is 11.9 Å². The number of hydrogen-bond donors (Lipinski definition) is 1. The average Bonchev–Trinajstić information content (AvgIpc) is 2.49. The lowest BCUT2D eigenvalue weighted by Crippen LogP contribution is -2.44. The van der Waals surface area contributed by atoms with Gasteiger partial charge in [-0.15, -0.1) is 0 Å². The zero-order valence-electron chi connectivity index (χ0n) is 9.48. The van der Waals surface area contributed by atoms with Gasteiger partial charge in [0.25, 0.3) is 0 Å². The molecule has 0 atom stereocenters. The van der Waals surface area contributed by atoms with Gasteiger partial charge in [0, 0.05) is 46.0 Å². The van der Waals surface area contributed by atoms with Crippen LogP contribution in [0.2, 0.25) is 0 Å². The summed E-state index contributed by atoms with van der Waals surface area (Å²) in [5.41, 5.74) is 7.67. The van der Waals surface area contributed by atoms with Crippen molar-refractivity contribution in [1.29, 1.82) is 0 Å². The SMILES string of the molecule is CN1CCN(Cc2nn(C)cc2N)CC1. The maximum Gasteiger partial charge on any atom is 0.0993 e. The number of nitrogens with two attached hydrogens (primary N) is 1. The topological polar surface area (TPSA) is 50.3 Å². The van der Waals surface area contributed by atoms with Gasteiger partial charge in [-0.2, -0.15) is 5.10 Å². The van der Waals surface area contributed by atoms with Gasteiger partial charge in [0.15, 0.2) is 0 Å². The third-order valence-electron chi connectivity index (χ3n) is 2.91. The Labute approximate surface area is 90.4 Å². The molecule has 5 heteroatoms. The minimum absolute atomic E-state index is 0.802. The Morgan fingerprint density at radius 1 is 1.27 bits per heavy atom. The van der Waals surface area contributed by atoms with E-state index >= 15 is 0 Å². The van der Waals surface area contributed by atoms with Crippen LogP contribution < -0.4 is 5.73 Å². The molecule has 0 radical (unpaired) electrons. The summed E-state index contributed by atoms with van der Waals surface area (Å²) in [6.07, 6.45) is 1.87. The van der Waals surface area contributed by atoms with Crippen LogP contribution in [0.1, 0.15) is 5.69 Å². The molecule has 0 unspecified atom stereocenters. The second kappa shape index (κ2) is 4.20. The lowest BCUT2D eigenvalue weighted by molar-refractivity contribution is 0.147. The summed E-state index contributed by atoms with van der Waals surface area (Å²) in [5.74, 6) is 0. The lowest BCUT2D eigenvalue weighted by Gasteiger charge is -2.31. The molecule has 2 rings (SSSR count). The molecule has 0 aliphatic carbocycles. The van der Waals surface area contributed by atoms with Crippen LogP contribution in [0.15, 0.2) is 6.20 Å². The minimum Gasteiger partial charge on any atom is -0.396 e. The highest BCUT2D eigenvalue weighted by Gasteiger charge is 2.16. The quantitative estimate of drug-likeness (QED) is 0.730. The van der Waals surface area contributed by atoms with E-state index in [1.54, 1.807) is 4.68 Å². The first-order valence-electron chi connectivity index (χ1n) is 5.34. The molecule has 84 valence electrons. The summed E-state index contributed by atoms with van der Waals surface area (Å²) in [4.78, 5) is 4.75. The normalized spacial score (nSPS) is 19.6. The molecule has 1 aliphatic heterocycles. The summed E-state index contributed by atoms with van der Waals surface area (Å²) in [5, 5.41) is 4.36. The van der Waals surface area contributed by atoms with Crippen LogP contribution in [0.4, 0.5) is 5.69 Å². The van der Waals surface area contributed by atoms with Crippen molar-refractivity contribution in [3.8, 4) is 0 Å². The van der Waals surface area contributed by atoms with Crippen molar-refractivity contribution in [3.63, 3.8) is 0 Å². The van der Waals surface area contributed by atoms with E-state index in [0.717, 1.165) is 44.1 Å². The number of nitrogen functional groups attached to an aromatic ring is 1. The average molecular weight is 209 g/mol. The monoisotopic (exact) mass is 209 g/mol. The van der Waals surface area contributed by atoms with E-state index in [4.69, 9.17) is 5.73 Å². The van der Waals surface area contributed by atoms with E-state index in [9.17, 15) is 0 Å². The lowest BCUT2D eigenvalue weighted by atomic mass is 10.3. The maximum atomic E-state index is 5.87. The molecule has 15 heavy (non-hydrogen) atoms. The number of nitrogens with zero attached hydrogens (tertiary/aromatic N) is 4. The highest BCUT2D eigenvalue weighted by Crippen LogP contribution is 2.12. The number of piperazine rings is 1. The van der Waals surface area contributed by atoms with Crippen LogP contribution in [0.5, 0.6) is 0 Å². The summed E-state index contributed by atoms with van der Waals surface area (Å²) < 4.78 is 1.78. The molecular weight excluding hydrogens is 190 g/mol. The molecule has 1 aromatic heterocycles. The third-order valence-corrected chi connectivity index (χ3v) is 2.91. The first kappa shape index (κ1) is 10.4. The van der Waals surface area contributed by atoms with E-state index in [-0.39, 0.29) is 0 Å². The van der Waals surface area contributed by atoms with E-state index in [1.165, 1.54) is 0 Å². The van der Waals surface area contributed by atoms with Crippen LogP contribution in [0, 0.1) is 0 Å². The molecule has 1 fully saturated rings. The number of anilines is 1. The van der Waals surface area contributed by atoms with Crippen LogP contribution >= 0.6 is 0 Å². The van der Waals surface area contributed by atoms with Crippen LogP contribution in [-0.2, 0) is 13.6 Å². The van der Waals surface area contributed by atoms with Gasteiger partial charge in [-0.1, -0.05) is 0 Å². The molecule has 2 N–H and O–H groups in total. The molecule has 0 spiro atoms. The predicted molar refractivity (Wildman–Crippen MR) is 60.4 cm³/mol. The largest absolute Gasteiger partial charge is 0.396 e. The molecule has 5 nitrogen and oxygen atoms in total. The van der Waals surface area contributed by atoms with E-state index in [2.05, 4.69) is 21.9 Å². The van der Waals surface area contributed by atoms with Gasteiger partial charge in [-0.25, -0.2) is 0 Å². The molecule has 1 saturated heterocycles. The molecule has 1 aromatic rings. The van der Waals surface area contributed by atoms with Gasteiger partial charge in [-0.3, -0.25) is 9.58 Å². The molecule has 0 amide bonds. The number of aromatic nitrogens is 2. The predicted octanol–water partition coefficient (Wildman–Crippen LogP) is -0.250. The van der Waals surface area contributed by atoms with Crippen molar-refractivity contribution >= 4 is 5.69 Å². The summed E-state index contributed by atoms with van der Waals surface area (Å²) in [6, 6.07) is 0. The number of hydrogen-bond acceptors (Lipinski definition) is 4. The maximum absolute atomic E-state index is 5.87. The fourth-order valence-corrected chi connectivity index (χ4v) is 1.89. The first-order chi connectivity index (χ1) is 7.15. The number of aryl methyl sites for hydroxylation is 1. The van der Waals surface area contributed by atoms with Crippen LogP contribution in [0.25, 0.3) is 0 Å². The van der Waals surface area contributed by atoms with Gasteiger partial charge in [0.05, 0.1) is 11.4 Å². The summed E-state index contributed by atoms with van der Waals surface area (Å²) in [6.45, 7) is 5.35. The van der Waals surface area contributed by atoms with Crippen molar-refractivity contribution < 1.29 is 0 Å². The molecule has 0 bridgehead atoms. The van der Waals surface area contributed by atoms with E-state index in [0.29, 0.717) is 0 Å². The smallest absolute Gasteiger partial charge is 0.0993 e. The Morgan fingerprint density at radius 3 is 2.47 bits per heavy atom. The molecular formula is C10H19N5. The molecule has 2 heterocycles. The van der Waals surface area contributed by atoms with Gasteiger partial charge >= 0.3 is 0 Å². The second-order valence-corrected chi connectivity index (χ2v) is 4.28. The number of rotatable bonds is 2. The van der Waals surface area contributed by atoms with Crippen molar-refractivity contribution in [2.45, 2.75) is 6.54 Å². The van der Waals surface area contributed by atoms with Crippen LogP contribution in [-0.4, -0.2) is 52.8 Å². The van der Waals surface area contributed by atoms with Gasteiger partial charge in [0.1, 0.15) is 0 Å². The molecule has 0 saturated carbocycles. The second-order valence-electron chi connectivity index (χ2n) is 4.28. The van der Waals surface area contributed by atoms with E-state index < -0.39 is 0 Å². The number of likely N-dealkylation sites (N-methyl/N-ethyl adjacent to an activating group) is 1. The standard InChI is InChI=1S/C10H19N5/c1-13-3-5-15(6-4-13)8-10-9(11)7-14(2)12-10/h7H,3-6,8,11H2,1-2H3. The van der Waals surface area contributed by atoms with Crippen molar-refractivity contribution in [2.24, 2.45) is 7.05 Å².